The van der Waals surface area contributed by atoms with Crippen LogP contribution >= 0.6 is 0 Å². The SMILES string of the molecule is COc1ccc2c(c1)C(N1CCCC1)c1cc(OC)ccc1-2. The van der Waals surface area contributed by atoms with Crippen molar-refractivity contribution < 1.29 is 9.47 Å². The second-order valence-electron chi connectivity index (χ2n) is 6.05. The van der Waals surface area contributed by atoms with Crippen LogP contribution in [0.5, 0.6) is 11.5 Å². The molecule has 2 aliphatic rings. The summed E-state index contributed by atoms with van der Waals surface area (Å²) in [6.45, 7) is 2.33. The van der Waals surface area contributed by atoms with Crippen LogP contribution in [-0.4, -0.2) is 32.2 Å². The Morgan fingerprint density at radius 2 is 1.32 bits per heavy atom. The number of ether oxygens (including phenoxy) is 2. The number of hydrogen-bond acceptors (Lipinski definition) is 3. The van der Waals surface area contributed by atoms with Gasteiger partial charge in [0.25, 0.3) is 0 Å². The fourth-order valence-electron chi connectivity index (χ4n) is 3.84. The monoisotopic (exact) mass is 295 g/mol. The summed E-state index contributed by atoms with van der Waals surface area (Å²) in [5, 5.41) is 0. The molecule has 0 bridgehead atoms. The molecule has 0 N–H and O–H groups in total. The molecule has 1 fully saturated rings. The van der Waals surface area contributed by atoms with E-state index in [4.69, 9.17) is 9.47 Å². The lowest BCUT2D eigenvalue weighted by molar-refractivity contribution is 0.284. The zero-order valence-electron chi connectivity index (χ0n) is 13.1. The molecular formula is C19H21NO2. The molecule has 3 nitrogen and oxygen atoms in total. The van der Waals surface area contributed by atoms with E-state index < -0.39 is 0 Å². The first-order valence-corrected chi connectivity index (χ1v) is 7.92. The van der Waals surface area contributed by atoms with E-state index in [1.165, 1.54) is 35.1 Å². The minimum absolute atomic E-state index is 0.331. The van der Waals surface area contributed by atoms with Gasteiger partial charge in [-0.1, -0.05) is 12.1 Å². The third kappa shape index (κ3) is 2.00. The summed E-state index contributed by atoms with van der Waals surface area (Å²) in [5.74, 6) is 1.87. The number of methoxy groups -OCH3 is 2. The molecule has 0 saturated carbocycles. The summed E-state index contributed by atoms with van der Waals surface area (Å²) >= 11 is 0. The van der Waals surface area contributed by atoms with Gasteiger partial charge in [0.15, 0.2) is 0 Å². The average Bonchev–Trinajstić information content (AvgIpc) is 3.18. The first kappa shape index (κ1) is 13.6. The van der Waals surface area contributed by atoms with Gasteiger partial charge in [-0.15, -0.1) is 0 Å². The van der Waals surface area contributed by atoms with Crippen molar-refractivity contribution in [3.63, 3.8) is 0 Å². The molecule has 1 heterocycles. The van der Waals surface area contributed by atoms with Crippen molar-refractivity contribution in [1.29, 1.82) is 0 Å². The van der Waals surface area contributed by atoms with Crippen molar-refractivity contribution in [2.75, 3.05) is 27.3 Å². The van der Waals surface area contributed by atoms with E-state index in [1.807, 2.05) is 0 Å². The van der Waals surface area contributed by atoms with Gasteiger partial charge >= 0.3 is 0 Å². The molecule has 2 aromatic carbocycles. The Morgan fingerprint density at radius 1 is 0.818 bits per heavy atom. The van der Waals surface area contributed by atoms with Gasteiger partial charge in [0, 0.05) is 0 Å². The fraction of sp³-hybridized carbons (Fsp3) is 0.368. The zero-order chi connectivity index (χ0) is 15.1. The lowest BCUT2D eigenvalue weighted by Gasteiger charge is -2.26. The highest BCUT2D eigenvalue weighted by Gasteiger charge is 2.34. The first-order valence-electron chi connectivity index (χ1n) is 7.92. The van der Waals surface area contributed by atoms with Gasteiger partial charge in [-0.3, -0.25) is 4.90 Å². The molecule has 0 atom stereocenters. The van der Waals surface area contributed by atoms with Crippen LogP contribution in [0.1, 0.15) is 30.0 Å². The van der Waals surface area contributed by atoms with Crippen molar-refractivity contribution in [1.82, 2.24) is 4.90 Å². The summed E-state index contributed by atoms with van der Waals surface area (Å²) in [7, 11) is 3.47. The molecule has 4 rings (SSSR count). The minimum Gasteiger partial charge on any atom is -0.497 e. The van der Waals surface area contributed by atoms with E-state index in [2.05, 4.69) is 41.3 Å². The van der Waals surface area contributed by atoms with E-state index in [0.29, 0.717) is 6.04 Å². The van der Waals surface area contributed by atoms with E-state index >= 15 is 0 Å². The Bertz CT molecular complexity index is 651. The molecular weight excluding hydrogens is 274 g/mol. The molecule has 0 amide bonds. The second kappa shape index (κ2) is 5.33. The maximum Gasteiger partial charge on any atom is 0.119 e. The number of fused-ring (bicyclic) bond motifs is 3. The van der Waals surface area contributed by atoms with Gasteiger partial charge in [-0.2, -0.15) is 0 Å². The van der Waals surface area contributed by atoms with Crippen LogP contribution in [0.25, 0.3) is 11.1 Å². The number of hydrogen-bond donors (Lipinski definition) is 0. The molecule has 0 spiro atoms. The van der Waals surface area contributed by atoms with E-state index in [-0.39, 0.29) is 0 Å². The van der Waals surface area contributed by atoms with Gasteiger partial charge in [0.1, 0.15) is 11.5 Å². The normalized spacial score (nSPS) is 17.4. The van der Waals surface area contributed by atoms with Gasteiger partial charge < -0.3 is 9.47 Å². The Morgan fingerprint density at radius 3 is 1.77 bits per heavy atom. The van der Waals surface area contributed by atoms with Gasteiger partial charge in [0.2, 0.25) is 0 Å². The molecule has 0 radical (unpaired) electrons. The van der Waals surface area contributed by atoms with Crippen LogP contribution in [0.3, 0.4) is 0 Å². The second-order valence-corrected chi connectivity index (χ2v) is 6.05. The predicted molar refractivity (Wildman–Crippen MR) is 87.6 cm³/mol. The predicted octanol–water partition coefficient (Wildman–Crippen LogP) is 3.87. The number of rotatable bonds is 3. The third-order valence-corrected chi connectivity index (χ3v) is 4.90. The maximum atomic E-state index is 5.45. The molecule has 2 aromatic rings. The molecule has 0 aromatic heterocycles. The number of benzene rings is 2. The van der Waals surface area contributed by atoms with Crippen LogP contribution in [0.2, 0.25) is 0 Å². The van der Waals surface area contributed by atoms with Gasteiger partial charge in [-0.05, 0) is 72.5 Å². The third-order valence-electron chi connectivity index (χ3n) is 4.90. The smallest absolute Gasteiger partial charge is 0.119 e. The topological polar surface area (TPSA) is 21.7 Å². The number of nitrogens with zero attached hydrogens (tertiary/aromatic N) is 1. The van der Waals surface area contributed by atoms with Crippen LogP contribution in [0.4, 0.5) is 0 Å². The highest BCUT2D eigenvalue weighted by Crippen LogP contribution is 2.49. The Balaban J connectivity index is 1.89. The minimum atomic E-state index is 0.331. The van der Waals surface area contributed by atoms with Crippen LogP contribution in [-0.2, 0) is 0 Å². The summed E-state index contributed by atoms with van der Waals surface area (Å²) in [6, 6.07) is 13.2. The van der Waals surface area contributed by atoms with E-state index in [9.17, 15) is 0 Å². The molecule has 3 heteroatoms. The van der Waals surface area contributed by atoms with Crippen LogP contribution in [0, 0.1) is 0 Å². The maximum absolute atomic E-state index is 5.45. The van der Waals surface area contributed by atoms with Crippen LogP contribution in [0.15, 0.2) is 36.4 Å². The Kier molecular flexibility index (Phi) is 3.30. The standard InChI is InChI=1S/C19H21NO2/c1-21-13-5-7-15-16-8-6-14(22-2)12-18(16)19(17(15)11-13)20-9-3-4-10-20/h5-8,11-12,19H,3-4,9-10H2,1-2H3. The zero-order valence-corrected chi connectivity index (χ0v) is 13.1. The van der Waals surface area contributed by atoms with Crippen molar-refractivity contribution in [2.45, 2.75) is 18.9 Å². The van der Waals surface area contributed by atoms with E-state index in [0.717, 1.165) is 24.6 Å². The highest BCUT2D eigenvalue weighted by atomic mass is 16.5. The molecule has 1 saturated heterocycles. The van der Waals surface area contributed by atoms with Crippen molar-refractivity contribution in [3.8, 4) is 22.6 Å². The van der Waals surface area contributed by atoms with Crippen molar-refractivity contribution in [3.05, 3.63) is 47.5 Å². The van der Waals surface area contributed by atoms with E-state index in [1.54, 1.807) is 14.2 Å². The van der Waals surface area contributed by atoms with Crippen LogP contribution < -0.4 is 9.47 Å². The lowest BCUT2D eigenvalue weighted by Crippen LogP contribution is -2.25. The quantitative estimate of drug-likeness (QED) is 0.858. The molecule has 0 unspecified atom stereocenters. The van der Waals surface area contributed by atoms with Crippen molar-refractivity contribution >= 4 is 0 Å². The molecule has 114 valence electrons. The van der Waals surface area contributed by atoms with Gasteiger partial charge in [0.05, 0.1) is 20.3 Å². The summed E-state index contributed by atoms with van der Waals surface area (Å²) in [6.07, 6.45) is 2.57. The lowest BCUT2D eigenvalue weighted by atomic mass is 10.0. The number of likely N-dealkylation sites (tertiary alicyclic amines) is 1. The summed E-state index contributed by atoms with van der Waals surface area (Å²) in [5.41, 5.74) is 5.39. The average molecular weight is 295 g/mol. The van der Waals surface area contributed by atoms with Gasteiger partial charge in [-0.25, -0.2) is 0 Å². The fourth-order valence-corrected chi connectivity index (χ4v) is 3.84. The molecule has 22 heavy (non-hydrogen) atoms. The largest absolute Gasteiger partial charge is 0.497 e. The Labute approximate surface area is 131 Å². The van der Waals surface area contributed by atoms with Crippen molar-refractivity contribution in [2.24, 2.45) is 0 Å². The molecule has 1 aliphatic heterocycles. The summed E-state index contributed by atoms with van der Waals surface area (Å²) < 4.78 is 10.9. The summed E-state index contributed by atoms with van der Waals surface area (Å²) in [4.78, 5) is 2.59. The first-order chi connectivity index (χ1) is 10.8. The highest BCUT2D eigenvalue weighted by molar-refractivity contribution is 5.80. The molecule has 1 aliphatic carbocycles. The Hall–Kier alpha value is -2.00.